The topological polar surface area (TPSA) is 79.6 Å². The van der Waals surface area contributed by atoms with E-state index in [4.69, 9.17) is 0 Å². The van der Waals surface area contributed by atoms with Gasteiger partial charge in [-0.2, -0.15) is 5.10 Å². The summed E-state index contributed by atoms with van der Waals surface area (Å²) in [6.07, 6.45) is 5.12. The third kappa shape index (κ3) is 3.38. The number of nitrogens with one attached hydrogen (secondary N) is 1. The van der Waals surface area contributed by atoms with E-state index in [-0.39, 0.29) is 11.2 Å². The van der Waals surface area contributed by atoms with Gasteiger partial charge < -0.3 is 5.32 Å². The predicted octanol–water partition coefficient (Wildman–Crippen LogP) is 3.14. The van der Waals surface area contributed by atoms with Crippen molar-refractivity contribution in [3.63, 3.8) is 0 Å². The maximum atomic E-state index is 12.4. The second-order valence-electron chi connectivity index (χ2n) is 7.60. The maximum Gasteiger partial charge on any atom is 0.216 e. The Morgan fingerprint density at radius 1 is 0.929 bits per heavy atom. The summed E-state index contributed by atoms with van der Waals surface area (Å²) in [5.41, 5.74) is 2.77. The van der Waals surface area contributed by atoms with Crippen LogP contribution in [-0.2, 0) is 10.0 Å². The quantitative estimate of drug-likeness (QED) is 0.715. The van der Waals surface area contributed by atoms with Crippen LogP contribution in [0.25, 0.3) is 5.65 Å². The van der Waals surface area contributed by atoms with E-state index >= 15 is 0 Å². The van der Waals surface area contributed by atoms with Crippen molar-refractivity contribution in [3.05, 3.63) is 54.5 Å². The highest BCUT2D eigenvalue weighted by molar-refractivity contribution is 7.90. The zero-order chi connectivity index (χ0) is 19.1. The third-order valence-electron chi connectivity index (χ3n) is 5.53. The standard InChI is InChI=1S/C20H23N5O2S/c26-28(27,18-7-8-18)24-12-10-15(11-13-24)20-22-19-9-6-17(14-25(19)23-20)21-16-4-2-1-3-5-16/h1-6,9,14-15,18,21H,7-8,10-13H2. The monoisotopic (exact) mass is 397 g/mol. The first-order chi connectivity index (χ1) is 13.6. The smallest absolute Gasteiger partial charge is 0.216 e. The first kappa shape index (κ1) is 17.6. The zero-order valence-electron chi connectivity index (χ0n) is 15.5. The van der Waals surface area contributed by atoms with Gasteiger partial charge in [-0.3, -0.25) is 0 Å². The van der Waals surface area contributed by atoms with Crippen LogP contribution in [0.5, 0.6) is 0 Å². The molecule has 1 N–H and O–H groups in total. The molecule has 1 aliphatic heterocycles. The number of piperidine rings is 1. The van der Waals surface area contributed by atoms with Gasteiger partial charge in [0, 0.05) is 24.7 Å². The molecule has 1 aromatic carbocycles. The summed E-state index contributed by atoms with van der Waals surface area (Å²) in [5, 5.41) is 7.90. The van der Waals surface area contributed by atoms with Crippen LogP contribution >= 0.6 is 0 Å². The Morgan fingerprint density at radius 2 is 1.68 bits per heavy atom. The number of hydrogen-bond donors (Lipinski definition) is 1. The molecular formula is C20H23N5O2S. The molecule has 0 spiro atoms. The lowest BCUT2D eigenvalue weighted by molar-refractivity contribution is 0.313. The molecule has 7 nitrogen and oxygen atoms in total. The maximum absolute atomic E-state index is 12.4. The Balaban J connectivity index is 1.30. The van der Waals surface area contributed by atoms with Crippen LogP contribution in [-0.4, -0.2) is 45.7 Å². The van der Waals surface area contributed by atoms with E-state index in [1.54, 1.807) is 8.82 Å². The van der Waals surface area contributed by atoms with E-state index in [0.717, 1.165) is 48.5 Å². The largest absolute Gasteiger partial charge is 0.354 e. The van der Waals surface area contributed by atoms with Gasteiger partial charge in [-0.1, -0.05) is 18.2 Å². The lowest BCUT2D eigenvalue weighted by atomic mass is 9.98. The van der Waals surface area contributed by atoms with Crippen molar-refractivity contribution in [1.82, 2.24) is 18.9 Å². The molecular weight excluding hydrogens is 374 g/mol. The lowest BCUT2D eigenvalue weighted by Crippen LogP contribution is -2.39. The molecule has 5 rings (SSSR count). The summed E-state index contributed by atoms with van der Waals surface area (Å²) in [7, 11) is -3.08. The fraction of sp³-hybridized carbons (Fsp3) is 0.400. The Labute approximate surface area is 164 Å². The van der Waals surface area contributed by atoms with Crippen molar-refractivity contribution in [3.8, 4) is 0 Å². The Kier molecular flexibility index (Phi) is 4.32. The number of fused-ring (bicyclic) bond motifs is 1. The number of anilines is 2. The van der Waals surface area contributed by atoms with Crippen LogP contribution in [0, 0.1) is 0 Å². The molecule has 0 unspecified atom stereocenters. The van der Waals surface area contributed by atoms with Crippen molar-refractivity contribution in [1.29, 1.82) is 0 Å². The number of sulfonamides is 1. The molecule has 2 aliphatic rings. The summed E-state index contributed by atoms with van der Waals surface area (Å²) in [6.45, 7) is 1.14. The highest BCUT2D eigenvalue weighted by atomic mass is 32.2. The molecule has 1 saturated heterocycles. The Bertz CT molecular complexity index is 1080. The summed E-state index contributed by atoms with van der Waals surface area (Å²) in [6, 6.07) is 13.9. The molecule has 2 aromatic heterocycles. The summed E-state index contributed by atoms with van der Waals surface area (Å²) in [4.78, 5) is 4.68. The van der Waals surface area contributed by atoms with Crippen molar-refractivity contribution < 1.29 is 8.42 Å². The normalized spacial score (nSPS) is 19.1. The van der Waals surface area contributed by atoms with E-state index in [9.17, 15) is 8.42 Å². The molecule has 1 saturated carbocycles. The van der Waals surface area contributed by atoms with Gasteiger partial charge in [0.1, 0.15) is 0 Å². The van der Waals surface area contributed by atoms with Crippen LogP contribution in [0.3, 0.4) is 0 Å². The number of pyridine rings is 1. The van der Waals surface area contributed by atoms with Gasteiger partial charge in [0.25, 0.3) is 0 Å². The fourth-order valence-corrected chi connectivity index (χ4v) is 5.65. The minimum absolute atomic E-state index is 0.132. The molecule has 3 aromatic rings. The summed E-state index contributed by atoms with van der Waals surface area (Å²) in [5.74, 6) is 1.01. The zero-order valence-corrected chi connectivity index (χ0v) is 16.3. The third-order valence-corrected chi connectivity index (χ3v) is 7.93. The van der Waals surface area contributed by atoms with E-state index in [2.05, 4.69) is 15.4 Å². The number of para-hydroxylation sites is 1. The van der Waals surface area contributed by atoms with Gasteiger partial charge in [0.05, 0.1) is 17.1 Å². The minimum Gasteiger partial charge on any atom is -0.354 e. The van der Waals surface area contributed by atoms with Gasteiger partial charge >= 0.3 is 0 Å². The predicted molar refractivity (Wildman–Crippen MR) is 108 cm³/mol. The molecule has 28 heavy (non-hydrogen) atoms. The lowest BCUT2D eigenvalue weighted by Gasteiger charge is -2.29. The number of rotatable bonds is 5. The highest BCUT2D eigenvalue weighted by Crippen LogP contribution is 2.35. The van der Waals surface area contributed by atoms with E-state index in [1.165, 1.54) is 0 Å². The number of nitrogens with zero attached hydrogens (tertiary/aromatic N) is 4. The molecule has 0 radical (unpaired) electrons. The molecule has 0 amide bonds. The summed E-state index contributed by atoms with van der Waals surface area (Å²) >= 11 is 0. The number of hydrogen-bond acceptors (Lipinski definition) is 5. The van der Waals surface area contributed by atoms with Crippen molar-refractivity contribution in [2.75, 3.05) is 18.4 Å². The number of aromatic nitrogens is 3. The average molecular weight is 398 g/mol. The molecule has 2 fully saturated rings. The van der Waals surface area contributed by atoms with Gasteiger partial charge in [-0.25, -0.2) is 22.2 Å². The van der Waals surface area contributed by atoms with Gasteiger partial charge in [0.2, 0.25) is 10.0 Å². The Morgan fingerprint density at radius 3 is 2.39 bits per heavy atom. The van der Waals surface area contributed by atoms with Crippen LogP contribution in [0.15, 0.2) is 48.7 Å². The Hall–Kier alpha value is -2.45. The van der Waals surface area contributed by atoms with Gasteiger partial charge in [0.15, 0.2) is 11.5 Å². The average Bonchev–Trinajstić information content (AvgIpc) is 3.49. The second-order valence-corrected chi connectivity index (χ2v) is 9.81. The molecule has 0 bridgehead atoms. The first-order valence-corrected chi connectivity index (χ1v) is 11.3. The van der Waals surface area contributed by atoms with Crippen LogP contribution < -0.4 is 5.32 Å². The van der Waals surface area contributed by atoms with E-state index in [1.807, 2.05) is 48.7 Å². The minimum atomic E-state index is -3.08. The second kappa shape index (κ2) is 6.86. The highest BCUT2D eigenvalue weighted by Gasteiger charge is 2.41. The van der Waals surface area contributed by atoms with Crippen molar-refractivity contribution in [2.24, 2.45) is 0 Å². The SMILES string of the molecule is O=S(=O)(C1CC1)N1CCC(c2nc3ccc(Nc4ccccc4)cn3n2)CC1. The van der Waals surface area contributed by atoms with Crippen molar-refractivity contribution >= 4 is 27.0 Å². The fourth-order valence-electron chi connectivity index (χ4n) is 3.78. The molecule has 0 atom stereocenters. The number of benzene rings is 1. The first-order valence-electron chi connectivity index (χ1n) is 9.77. The molecule has 8 heteroatoms. The van der Waals surface area contributed by atoms with Gasteiger partial charge in [-0.15, -0.1) is 0 Å². The van der Waals surface area contributed by atoms with Gasteiger partial charge in [-0.05, 0) is 49.9 Å². The summed E-state index contributed by atoms with van der Waals surface area (Å²) < 4.78 is 28.3. The van der Waals surface area contributed by atoms with E-state index in [0.29, 0.717) is 13.1 Å². The molecule has 1 aliphatic carbocycles. The van der Waals surface area contributed by atoms with Crippen LogP contribution in [0.2, 0.25) is 0 Å². The molecule has 3 heterocycles. The van der Waals surface area contributed by atoms with E-state index < -0.39 is 10.0 Å². The molecule has 146 valence electrons. The van der Waals surface area contributed by atoms with Crippen LogP contribution in [0.1, 0.15) is 37.4 Å². The van der Waals surface area contributed by atoms with Crippen LogP contribution in [0.4, 0.5) is 11.4 Å². The van der Waals surface area contributed by atoms with Crippen molar-refractivity contribution in [2.45, 2.75) is 36.9 Å².